The summed E-state index contributed by atoms with van der Waals surface area (Å²) in [5.74, 6) is 0.485. The Morgan fingerprint density at radius 1 is 1.00 bits per heavy atom. The molecule has 0 atom stereocenters. The van der Waals surface area contributed by atoms with E-state index in [4.69, 9.17) is 19.9 Å². The van der Waals surface area contributed by atoms with E-state index in [1.165, 1.54) is 0 Å². The number of nitrogens with zero attached hydrogens (tertiary/aromatic N) is 2. The first-order chi connectivity index (χ1) is 12.6. The van der Waals surface area contributed by atoms with Crippen LogP contribution >= 0.6 is 0 Å². The molecule has 2 heterocycles. The summed E-state index contributed by atoms with van der Waals surface area (Å²) in [5.41, 5.74) is 12.5. The van der Waals surface area contributed by atoms with Crippen LogP contribution in [0.15, 0.2) is 11.9 Å². The summed E-state index contributed by atoms with van der Waals surface area (Å²) in [4.78, 5) is 2.14. The SMILES string of the molecule is NCCOCCOCCOCCN1C=C(CN2CCS(=O)(=O)CC2)NN1. The lowest BCUT2D eigenvalue weighted by Crippen LogP contribution is -2.43. The van der Waals surface area contributed by atoms with Gasteiger partial charge in [0.05, 0.1) is 63.4 Å². The molecule has 2 rings (SSSR count). The first-order valence-electron chi connectivity index (χ1n) is 8.94. The molecule has 152 valence electrons. The van der Waals surface area contributed by atoms with Crippen LogP contribution in [-0.2, 0) is 24.0 Å². The summed E-state index contributed by atoms with van der Waals surface area (Å²) in [6.07, 6.45) is 1.98. The zero-order valence-corrected chi connectivity index (χ0v) is 16.0. The minimum atomic E-state index is -2.83. The van der Waals surface area contributed by atoms with E-state index in [0.29, 0.717) is 72.4 Å². The van der Waals surface area contributed by atoms with Crippen LogP contribution in [0, 0.1) is 0 Å². The van der Waals surface area contributed by atoms with E-state index in [1.54, 1.807) is 0 Å². The fourth-order valence-electron chi connectivity index (χ4n) is 2.53. The zero-order chi connectivity index (χ0) is 18.7. The van der Waals surface area contributed by atoms with Crippen LogP contribution in [0.25, 0.3) is 0 Å². The number of hydrazine groups is 2. The Morgan fingerprint density at radius 3 is 2.27 bits per heavy atom. The van der Waals surface area contributed by atoms with Gasteiger partial charge in [0.2, 0.25) is 0 Å². The van der Waals surface area contributed by atoms with E-state index >= 15 is 0 Å². The van der Waals surface area contributed by atoms with Crippen molar-refractivity contribution >= 4 is 9.84 Å². The molecule has 0 unspecified atom stereocenters. The molecule has 0 aromatic carbocycles. The van der Waals surface area contributed by atoms with Gasteiger partial charge < -0.3 is 25.4 Å². The van der Waals surface area contributed by atoms with Crippen LogP contribution < -0.4 is 16.7 Å². The highest BCUT2D eigenvalue weighted by molar-refractivity contribution is 7.91. The minimum Gasteiger partial charge on any atom is -0.378 e. The first-order valence-corrected chi connectivity index (χ1v) is 10.8. The molecule has 0 aromatic rings. The number of hydrogen-bond donors (Lipinski definition) is 3. The van der Waals surface area contributed by atoms with Crippen LogP contribution in [0.1, 0.15) is 0 Å². The lowest BCUT2D eigenvalue weighted by atomic mass is 10.4. The maximum Gasteiger partial charge on any atom is 0.152 e. The Balaban J connectivity index is 1.47. The molecular weight excluding hydrogens is 362 g/mol. The summed E-state index contributed by atoms with van der Waals surface area (Å²) in [6, 6.07) is 0. The molecule has 11 heteroatoms. The molecule has 0 radical (unpaired) electrons. The molecule has 2 aliphatic heterocycles. The van der Waals surface area contributed by atoms with Gasteiger partial charge in [-0.15, -0.1) is 5.53 Å². The highest BCUT2D eigenvalue weighted by Crippen LogP contribution is 2.07. The highest BCUT2D eigenvalue weighted by atomic mass is 32.2. The average molecular weight is 394 g/mol. The fourth-order valence-corrected chi connectivity index (χ4v) is 3.81. The first kappa shape index (κ1) is 21.4. The van der Waals surface area contributed by atoms with Crippen molar-refractivity contribution in [3.8, 4) is 0 Å². The topological polar surface area (TPSA) is 118 Å². The van der Waals surface area contributed by atoms with Gasteiger partial charge in [0.1, 0.15) is 0 Å². The third kappa shape index (κ3) is 8.62. The van der Waals surface area contributed by atoms with Gasteiger partial charge in [0, 0.05) is 32.4 Å². The van der Waals surface area contributed by atoms with Crippen molar-refractivity contribution < 1.29 is 22.6 Å². The Kier molecular flexibility index (Phi) is 9.61. The predicted molar refractivity (Wildman–Crippen MR) is 97.7 cm³/mol. The predicted octanol–water partition coefficient (Wildman–Crippen LogP) is -2.11. The molecule has 2 aliphatic rings. The molecule has 0 bridgehead atoms. The van der Waals surface area contributed by atoms with Crippen LogP contribution in [0.2, 0.25) is 0 Å². The van der Waals surface area contributed by atoms with Gasteiger partial charge >= 0.3 is 0 Å². The van der Waals surface area contributed by atoms with Gasteiger partial charge in [-0.05, 0) is 0 Å². The Labute approximate surface area is 155 Å². The summed E-state index contributed by atoms with van der Waals surface area (Å²) in [6.45, 7) is 6.42. The quantitative estimate of drug-likeness (QED) is 0.300. The monoisotopic (exact) mass is 393 g/mol. The Morgan fingerprint density at radius 2 is 1.62 bits per heavy atom. The summed E-state index contributed by atoms with van der Waals surface area (Å²) < 4.78 is 39.0. The van der Waals surface area contributed by atoms with E-state index in [9.17, 15) is 8.42 Å². The van der Waals surface area contributed by atoms with E-state index in [1.807, 2.05) is 11.2 Å². The molecule has 1 saturated heterocycles. The molecule has 0 spiro atoms. The van der Waals surface area contributed by atoms with Gasteiger partial charge in [-0.2, -0.15) is 0 Å². The van der Waals surface area contributed by atoms with E-state index in [2.05, 4.69) is 15.9 Å². The van der Waals surface area contributed by atoms with E-state index in [-0.39, 0.29) is 11.5 Å². The number of sulfone groups is 1. The summed E-state index contributed by atoms with van der Waals surface area (Å²) in [5, 5.41) is 1.91. The number of ether oxygens (including phenoxy) is 3. The maximum atomic E-state index is 11.4. The number of rotatable bonds is 13. The third-order valence-electron chi connectivity index (χ3n) is 3.99. The van der Waals surface area contributed by atoms with Crippen LogP contribution in [0.3, 0.4) is 0 Å². The van der Waals surface area contributed by atoms with Gasteiger partial charge in [0.15, 0.2) is 9.84 Å². The van der Waals surface area contributed by atoms with Crippen LogP contribution in [-0.4, -0.2) is 102 Å². The van der Waals surface area contributed by atoms with Crippen molar-refractivity contribution in [1.82, 2.24) is 20.9 Å². The standard InChI is InChI=1S/C15H31N5O5S/c16-1-5-23-7-9-25-10-8-24-6-2-20-14-15(17-18-20)13-19-3-11-26(21,22)12-4-19/h14,17-18H,1-13,16H2. The smallest absolute Gasteiger partial charge is 0.152 e. The fraction of sp³-hybridized carbons (Fsp3) is 0.867. The molecule has 0 aromatic heterocycles. The van der Waals surface area contributed by atoms with Crippen molar-refractivity contribution in [3.05, 3.63) is 11.9 Å². The third-order valence-corrected chi connectivity index (χ3v) is 5.59. The van der Waals surface area contributed by atoms with Crippen molar-refractivity contribution in [3.63, 3.8) is 0 Å². The Hall–Kier alpha value is -0.950. The Bertz CT molecular complexity index is 517. The second kappa shape index (κ2) is 11.7. The molecule has 1 fully saturated rings. The van der Waals surface area contributed by atoms with E-state index < -0.39 is 9.84 Å². The van der Waals surface area contributed by atoms with Crippen LogP contribution in [0.5, 0.6) is 0 Å². The molecule has 0 aliphatic carbocycles. The summed E-state index contributed by atoms with van der Waals surface area (Å²) in [7, 11) is -2.83. The molecule has 0 amide bonds. The molecule has 0 saturated carbocycles. The number of nitrogens with two attached hydrogens (primary N) is 1. The van der Waals surface area contributed by atoms with Gasteiger partial charge in [-0.3, -0.25) is 9.91 Å². The van der Waals surface area contributed by atoms with E-state index in [0.717, 1.165) is 5.70 Å². The second-order valence-corrected chi connectivity index (χ2v) is 8.44. The summed E-state index contributed by atoms with van der Waals surface area (Å²) >= 11 is 0. The highest BCUT2D eigenvalue weighted by Gasteiger charge is 2.23. The number of nitrogens with one attached hydrogen (secondary N) is 2. The minimum absolute atomic E-state index is 0.243. The second-order valence-electron chi connectivity index (χ2n) is 6.14. The van der Waals surface area contributed by atoms with Crippen molar-refractivity contribution in [1.29, 1.82) is 0 Å². The van der Waals surface area contributed by atoms with Crippen LogP contribution in [0.4, 0.5) is 0 Å². The van der Waals surface area contributed by atoms with Crippen molar-refractivity contribution in [2.75, 3.05) is 83.9 Å². The number of hydrogen-bond acceptors (Lipinski definition) is 10. The van der Waals surface area contributed by atoms with Gasteiger partial charge in [-0.25, -0.2) is 8.42 Å². The average Bonchev–Trinajstić information content (AvgIpc) is 3.06. The molecule has 10 nitrogen and oxygen atoms in total. The molecule has 26 heavy (non-hydrogen) atoms. The maximum absolute atomic E-state index is 11.4. The van der Waals surface area contributed by atoms with Gasteiger partial charge in [-0.1, -0.05) is 0 Å². The van der Waals surface area contributed by atoms with Crippen molar-refractivity contribution in [2.45, 2.75) is 0 Å². The lowest BCUT2D eigenvalue weighted by molar-refractivity contribution is 0.0119. The lowest BCUT2D eigenvalue weighted by Gasteiger charge is -2.26. The molecule has 4 N–H and O–H groups in total. The molecular formula is C15H31N5O5S. The largest absolute Gasteiger partial charge is 0.378 e. The van der Waals surface area contributed by atoms with Crippen molar-refractivity contribution in [2.24, 2.45) is 5.73 Å². The van der Waals surface area contributed by atoms with Gasteiger partial charge in [0.25, 0.3) is 0 Å². The normalized spacial score (nSPS) is 20.2. The zero-order valence-electron chi connectivity index (χ0n) is 15.2.